The van der Waals surface area contributed by atoms with Crippen molar-refractivity contribution in [1.29, 1.82) is 0 Å². The Hall–Kier alpha value is -2.46. The minimum Gasteiger partial charge on any atom is -0.390 e. The maximum absolute atomic E-state index is 14.3. The number of fused-ring (bicyclic) bond motifs is 1. The van der Waals surface area contributed by atoms with Gasteiger partial charge in [-0.3, -0.25) is 0 Å². The van der Waals surface area contributed by atoms with Gasteiger partial charge in [0.2, 0.25) is 5.95 Å². The molecule has 0 aliphatic carbocycles. The van der Waals surface area contributed by atoms with Crippen LogP contribution >= 0.6 is 11.6 Å². The molecule has 2 aromatic rings. The number of pyridine rings is 1. The van der Waals surface area contributed by atoms with Gasteiger partial charge in [0, 0.05) is 38.5 Å². The van der Waals surface area contributed by atoms with Crippen molar-refractivity contribution in [2.75, 3.05) is 53.4 Å². The Bertz CT molecular complexity index is 1030. The van der Waals surface area contributed by atoms with Crippen LogP contribution in [-0.2, 0) is 0 Å². The molecule has 2 aliphatic rings. The van der Waals surface area contributed by atoms with Gasteiger partial charge < -0.3 is 25.1 Å². The van der Waals surface area contributed by atoms with E-state index in [2.05, 4.69) is 25.2 Å². The molecular weight excluding hydrogens is 464 g/mol. The third-order valence-electron chi connectivity index (χ3n) is 6.51. The first-order chi connectivity index (χ1) is 15.8. The number of halogens is 3. The second kappa shape index (κ2) is 8.96. The molecule has 34 heavy (non-hydrogen) atoms. The summed E-state index contributed by atoms with van der Waals surface area (Å²) >= 11 is 6.36. The molecule has 0 spiro atoms. The maximum atomic E-state index is 14.3. The summed E-state index contributed by atoms with van der Waals surface area (Å²) in [6.07, 6.45) is 3.81. The van der Waals surface area contributed by atoms with Gasteiger partial charge >= 0.3 is 0 Å². The molecule has 186 valence electrons. The highest BCUT2D eigenvalue weighted by Gasteiger charge is 2.47. The van der Waals surface area contributed by atoms with Gasteiger partial charge in [0.25, 0.3) is 5.92 Å². The van der Waals surface area contributed by atoms with Gasteiger partial charge in [0.15, 0.2) is 11.6 Å². The van der Waals surface area contributed by atoms with Crippen molar-refractivity contribution in [3.8, 4) is 0 Å². The number of anilines is 5. The largest absolute Gasteiger partial charge is 0.390 e. The highest BCUT2D eigenvalue weighted by atomic mass is 35.5. The van der Waals surface area contributed by atoms with Gasteiger partial charge in [0.1, 0.15) is 5.02 Å². The number of hydrogen-bond acceptors (Lipinski definition) is 8. The van der Waals surface area contributed by atoms with E-state index in [0.29, 0.717) is 42.1 Å². The number of nitrogens with one attached hydrogen (secondary N) is 1. The topological polar surface area (TPSA) is 80.7 Å². The summed E-state index contributed by atoms with van der Waals surface area (Å²) in [4.78, 5) is 19.4. The first-order valence-corrected chi connectivity index (χ1v) is 11.8. The van der Waals surface area contributed by atoms with Gasteiger partial charge in [-0.15, -0.1) is 0 Å². The zero-order valence-corrected chi connectivity index (χ0v) is 20.9. The normalized spacial score (nSPS) is 22.2. The number of aliphatic hydroxyl groups is 1. The molecule has 4 rings (SSSR count). The lowest BCUT2D eigenvalue weighted by molar-refractivity contribution is -0.105. The average Bonchev–Trinajstić information content (AvgIpc) is 3.07. The second-order valence-electron chi connectivity index (χ2n) is 10.1. The number of alkyl halides is 2. The SMILES string of the molecule is C[C@@H]1CN(c2ncc(Cl)c(Nc3cnc4c(c3)N(CCC(C)(C)O)CN4C)n2)C[C@H](C)C1(F)F. The van der Waals surface area contributed by atoms with Crippen molar-refractivity contribution in [3.63, 3.8) is 0 Å². The van der Waals surface area contributed by atoms with Gasteiger partial charge in [-0.05, 0) is 26.3 Å². The van der Waals surface area contributed by atoms with E-state index in [4.69, 9.17) is 11.6 Å². The number of rotatable bonds is 6. The Kier molecular flexibility index (Phi) is 6.50. The van der Waals surface area contributed by atoms with Crippen molar-refractivity contribution in [1.82, 2.24) is 15.0 Å². The van der Waals surface area contributed by atoms with Gasteiger partial charge in [-0.1, -0.05) is 25.4 Å². The lowest BCUT2D eigenvalue weighted by atomic mass is 9.87. The molecule has 1 fully saturated rings. The highest BCUT2D eigenvalue weighted by molar-refractivity contribution is 6.32. The lowest BCUT2D eigenvalue weighted by Crippen LogP contribution is -2.52. The Morgan fingerprint density at radius 3 is 2.53 bits per heavy atom. The predicted molar refractivity (Wildman–Crippen MR) is 132 cm³/mol. The van der Waals surface area contributed by atoms with Crippen molar-refractivity contribution in [2.45, 2.75) is 45.6 Å². The maximum Gasteiger partial charge on any atom is 0.256 e. The Morgan fingerprint density at radius 2 is 1.88 bits per heavy atom. The quantitative estimate of drug-likeness (QED) is 0.611. The van der Waals surface area contributed by atoms with Crippen LogP contribution in [0.5, 0.6) is 0 Å². The van der Waals surface area contributed by atoms with E-state index in [0.717, 1.165) is 11.5 Å². The number of hydrogen-bond donors (Lipinski definition) is 2. The van der Waals surface area contributed by atoms with Crippen LogP contribution in [0.25, 0.3) is 0 Å². The monoisotopic (exact) mass is 495 g/mol. The molecule has 1 saturated heterocycles. The fourth-order valence-electron chi connectivity index (χ4n) is 4.40. The molecule has 2 atom stereocenters. The third-order valence-corrected chi connectivity index (χ3v) is 6.78. The van der Waals surface area contributed by atoms with E-state index in [9.17, 15) is 13.9 Å². The van der Waals surface area contributed by atoms with Gasteiger partial charge in [-0.2, -0.15) is 4.98 Å². The summed E-state index contributed by atoms with van der Waals surface area (Å²) in [5.41, 5.74) is 0.881. The lowest BCUT2D eigenvalue weighted by Gasteiger charge is -2.41. The minimum absolute atomic E-state index is 0.168. The van der Waals surface area contributed by atoms with E-state index >= 15 is 0 Å². The molecule has 0 saturated carbocycles. The number of aromatic nitrogens is 3. The Labute approximate surface area is 204 Å². The molecule has 8 nitrogen and oxygen atoms in total. The minimum atomic E-state index is -2.72. The predicted octanol–water partition coefficient (Wildman–Crippen LogP) is 4.37. The van der Waals surface area contributed by atoms with Crippen LogP contribution in [0.2, 0.25) is 5.02 Å². The molecular formula is C23H32ClF2N7O. The highest BCUT2D eigenvalue weighted by Crippen LogP contribution is 2.39. The van der Waals surface area contributed by atoms with Crippen LogP contribution in [0, 0.1) is 11.8 Å². The zero-order chi connectivity index (χ0) is 24.8. The zero-order valence-electron chi connectivity index (χ0n) is 20.2. The first kappa shape index (κ1) is 24.7. The first-order valence-electron chi connectivity index (χ1n) is 11.5. The van der Waals surface area contributed by atoms with E-state index in [-0.39, 0.29) is 13.1 Å². The molecule has 0 amide bonds. The van der Waals surface area contributed by atoms with Crippen molar-refractivity contribution >= 4 is 40.6 Å². The average molecular weight is 496 g/mol. The molecule has 0 bridgehead atoms. The molecule has 0 radical (unpaired) electrons. The summed E-state index contributed by atoms with van der Waals surface area (Å²) in [7, 11) is 1.97. The van der Waals surface area contributed by atoms with Crippen molar-refractivity contribution in [2.24, 2.45) is 11.8 Å². The second-order valence-corrected chi connectivity index (χ2v) is 10.5. The third kappa shape index (κ3) is 4.98. The molecule has 2 N–H and O–H groups in total. The summed E-state index contributed by atoms with van der Waals surface area (Å²) in [6.45, 7) is 8.38. The summed E-state index contributed by atoms with van der Waals surface area (Å²) in [6, 6.07) is 1.97. The van der Waals surface area contributed by atoms with Crippen LogP contribution in [0.1, 0.15) is 34.1 Å². The number of nitrogens with zero attached hydrogens (tertiary/aromatic N) is 6. The fraction of sp³-hybridized carbons (Fsp3) is 0.609. The summed E-state index contributed by atoms with van der Waals surface area (Å²) < 4.78 is 28.5. The number of piperidine rings is 1. The molecule has 0 aromatic carbocycles. The van der Waals surface area contributed by atoms with Crippen LogP contribution in [-0.4, -0.2) is 64.9 Å². The van der Waals surface area contributed by atoms with Crippen LogP contribution < -0.4 is 20.0 Å². The van der Waals surface area contributed by atoms with Crippen LogP contribution in [0.3, 0.4) is 0 Å². The summed E-state index contributed by atoms with van der Waals surface area (Å²) in [5, 5.41) is 13.7. The van der Waals surface area contributed by atoms with E-state index in [1.807, 2.05) is 18.0 Å². The van der Waals surface area contributed by atoms with Gasteiger partial charge in [0.05, 0.1) is 36.0 Å². The Morgan fingerprint density at radius 1 is 1.21 bits per heavy atom. The molecule has 4 heterocycles. The van der Waals surface area contributed by atoms with Crippen molar-refractivity contribution < 1.29 is 13.9 Å². The van der Waals surface area contributed by atoms with E-state index in [1.54, 1.807) is 38.8 Å². The van der Waals surface area contributed by atoms with Gasteiger partial charge in [-0.25, -0.2) is 18.7 Å². The van der Waals surface area contributed by atoms with Crippen LogP contribution in [0.15, 0.2) is 18.5 Å². The standard InChI is InChI=1S/C23H32ClF2N7O/c1-14-11-33(12-15(2)23(14,25)26)21-28-10-17(24)19(30-21)29-16-8-18-20(27-9-16)31(5)13-32(18)7-6-22(3,4)34/h8-10,14-15,34H,6-7,11-13H2,1-5H3,(H,28,29,30)/t14-,15+. The smallest absolute Gasteiger partial charge is 0.256 e. The molecule has 2 aliphatic heterocycles. The fourth-order valence-corrected chi connectivity index (χ4v) is 4.54. The van der Waals surface area contributed by atoms with E-state index in [1.165, 1.54) is 6.20 Å². The van der Waals surface area contributed by atoms with E-state index < -0.39 is 23.4 Å². The molecule has 2 aromatic heterocycles. The molecule has 0 unspecified atom stereocenters. The molecule has 11 heteroatoms. The Balaban J connectivity index is 1.55. The van der Waals surface area contributed by atoms with Crippen LogP contribution in [0.4, 0.5) is 37.7 Å². The van der Waals surface area contributed by atoms with Crippen molar-refractivity contribution in [3.05, 3.63) is 23.5 Å². The summed E-state index contributed by atoms with van der Waals surface area (Å²) in [5.74, 6) is -2.72.